The summed E-state index contributed by atoms with van der Waals surface area (Å²) in [4.78, 5) is 0. The molecule has 4 nitrogen and oxygen atoms in total. The summed E-state index contributed by atoms with van der Waals surface area (Å²) in [6.07, 6.45) is 0. The Morgan fingerprint density at radius 2 is 1.63 bits per heavy atom. The number of phenols is 2. The lowest BCUT2D eigenvalue weighted by molar-refractivity contribution is 0.174. The molecule has 0 radical (unpaired) electrons. The van der Waals surface area contributed by atoms with Crippen molar-refractivity contribution < 1.29 is 19.7 Å². The van der Waals surface area contributed by atoms with Gasteiger partial charge in [-0.25, -0.2) is 0 Å². The largest absolute Gasteiger partial charge is 0.508 e. The molecule has 98 valence electrons. The summed E-state index contributed by atoms with van der Waals surface area (Å²) in [5, 5.41) is 20.0. The van der Waals surface area contributed by atoms with Gasteiger partial charge in [-0.3, -0.25) is 0 Å². The van der Waals surface area contributed by atoms with Crippen LogP contribution in [0, 0.1) is 0 Å². The maximum atomic E-state index is 10.1. The summed E-state index contributed by atoms with van der Waals surface area (Å²) >= 11 is 0. The Balaban J connectivity index is 2.05. The number of aromatic hydroxyl groups is 2. The maximum absolute atomic E-state index is 10.1. The fourth-order valence-corrected chi connectivity index (χ4v) is 2.32. The van der Waals surface area contributed by atoms with Crippen LogP contribution in [0.25, 0.3) is 0 Å². The van der Waals surface area contributed by atoms with Gasteiger partial charge in [-0.05, 0) is 12.1 Å². The highest BCUT2D eigenvalue weighted by molar-refractivity contribution is 5.55. The number of ether oxygens (including phenoxy) is 2. The van der Waals surface area contributed by atoms with Gasteiger partial charge >= 0.3 is 0 Å². The first-order valence-electron chi connectivity index (χ1n) is 6.07. The summed E-state index contributed by atoms with van der Waals surface area (Å²) in [5.74, 6) is 1.38. The monoisotopic (exact) mass is 258 g/mol. The summed E-state index contributed by atoms with van der Waals surface area (Å²) in [6.45, 7) is 2.09. The summed E-state index contributed by atoms with van der Waals surface area (Å²) < 4.78 is 10.5. The topological polar surface area (TPSA) is 58.9 Å². The summed E-state index contributed by atoms with van der Waals surface area (Å²) in [6, 6.07) is 10.4. The molecule has 2 aromatic carbocycles. The molecule has 1 atom stereocenters. The molecule has 0 amide bonds. The first-order chi connectivity index (χ1) is 9.16. The lowest BCUT2D eigenvalue weighted by atomic mass is 9.91. The van der Waals surface area contributed by atoms with E-state index in [0.29, 0.717) is 17.1 Å². The second-order valence-corrected chi connectivity index (χ2v) is 4.54. The lowest BCUT2D eigenvalue weighted by Gasteiger charge is -2.16. The Kier molecular flexibility index (Phi) is 2.71. The van der Waals surface area contributed by atoms with Gasteiger partial charge in [0.05, 0.1) is 0 Å². The van der Waals surface area contributed by atoms with Crippen molar-refractivity contribution >= 4 is 0 Å². The van der Waals surface area contributed by atoms with E-state index in [1.165, 1.54) is 0 Å². The number of hydrogen-bond acceptors (Lipinski definition) is 4. The van der Waals surface area contributed by atoms with E-state index in [2.05, 4.69) is 0 Å². The van der Waals surface area contributed by atoms with Crippen LogP contribution in [0.3, 0.4) is 0 Å². The molecule has 3 rings (SSSR count). The van der Waals surface area contributed by atoms with Crippen LogP contribution in [0.1, 0.15) is 24.0 Å². The number of rotatable bonds is 2. The average molecular weight is 258 g/mol. The van der Waals surface area contributed by atoms with Gasteiger partial charge in [0, 0.05) is 23.1 Å². The van der Waals surface area contributed by atoms with E-state index in [1.54, 1.807) is 24.3 Å². The van der Waals surface area contributed by atoms with Crippen LogP contribution in [0.5, 0.6) is 23.0 Å². The SMILES string of the molecule is CC(c1ccccc1O)c1cc2c(cc1O)OCO2. The molecule has 0 spiro atoms. The van der Waals surface area contributed by atoms with Gasteiger partial charge in [0.1, 0.15) is 11.5 Å². The molecule has 0 saturated heterocycles. The van der Waals surface area contributed by atoms with Crippen LogP contribution in [-0.2, 0) is 0 Å². The standard InChI is InChI=1S/C15H14O4/c1-9(10-4-2-3-5-12(10)16)11-6-14-15(7-13(11)17)19-8-18-14/h2-7,9,16-17H,8H2,1H3. The summed E-state index contributed by atoms with van der Waals surface area (Å²) in [5.41, 5.74) is 1.46. The van der Waals surface area contributed by atoms with Gasteiger partial charge in [0.15, 0.2) is 11.5 Å². The van der Waals surface area contributed by atoms with E-state index in [1.807, 2.05) is 19.1 Å². The molecule has 1 heterocycles. The highest BCUT2D eigenvalue weighted by Crippen LogP contribution is 2.43. The van der Waals surface area contributed by atoms with Crippen molar-refractivity contribution in [3.05, 3.63) is 47.5 Å². The van der Waals surface area contributed by atoms with Crippen LogP contribution >= 0.6 is 0 Å². The molecule has 4 heteroatoms. The molecule has 2 aromatic rings. The first kappa shape index (κ1) is 11.7. The zero-order valence-corrected chi connectivity index (χ0v) is 10.5. The third-order valence-electron chi connectivity index (χ3n) is 3.39. The number of fused-ring (bicyclic) bond motifs is 1. The molecule has 1 unspecified atom stereocenters. The van der Waals surface area contributed by atoms with E-state index in [0.717, 1.165) is 5.56 Å². The Labute approximate surface area is 110 Å². The third kappa shape index (κ3) is 1.95. The Bertz CT molecular complexity index is 622. The van der Waals surface area contributed by atoms with Crippen LogP contribution in [0.4, 0.5) is 0 Å². The smallest absolute Gasteiger partial charge is 0.231 e. The van der Waals surface area contributed by atoms with Crippen molar-refractivity contribution in [3.8, 4) is 23.0 Å². The van der Waals surface area contributed by atoms with Gasteiger partial charge in [0.2, 0.25) is 6.79 Å². The highest BCUT2D eigenvalue weighted by Gasteiger charge is 2.22. The number of hydrogen-bond donors (Lipinski definition) is 2. The molecular weight excluding hydrogens is 244 g/mol. The molecule has 1 aliphatic rings. The minimum Gasteiger partial charge on any atom is -0.508 e. The number of benzene rings is 2. The van der Waals surface area contributed by atoms with Crippen LogP contribution in [0.2, 0.25) is 0 Å². The maximum Gasteiger partial charge on any atom is 0.231 e. The predicted molar refractivity (Wildman–Crippen MR) is 69.9 cm³/mol. The van der Waals surface area contributed by atoms with Crippen LogP contribution < -0.4 is 9.47 Å². The van der Waals surface area contributed by atoms with Crippen molar-refractivity contribution in [3.63, 3.8) is 0 Å². The number of phenolic OH excluding ortho intramolecular Hbond substituents is 2. The molecular formula is C15H14O4. The van der Waals surface area contributed by atoms with Gasteiger partial charge in [-0.1, -0.05) is 25.1 Å². The second-order valence-electron chi connectivity index (χ2n) is 4.54. The Hall–Kier alpha value is -2.36. The van der Waals surface area contributed by atoms with Crippen molar-refractivity contribution in [1.82, 2.24) is 0 Å². The van der Waals surface area contributed by atoms with Crippen molar-refractivity contribution in [2.45, 2.75) is 12.8 Å². The minimum atomic E-state index is -0.143. The van der Waals surface area contributed by atoms with E-state index < -0.39 is 0 Å². The van der Waals surface area contributed by atoms with Gasteiger partial charge < -0.3 is 19.7 Å². The predicted octanol–water partition coefficient (Wildman–Crippen LogP) is 2.98. The minimum absolute atomic E-state index is 0.139. The molecule has 2 N–H and O–H groups in total. The van der Waals surface area contributed by atoms with Crippen molar-refractivity contribution in [2.24, 2.45) is 0 Å². The fourth-order valence-electron chi connectivity index (χ4n) is 2.32. The molecule has 0 aromatic heterocycles. The van der Waals surface area contributed by atoms with E-state index in [-0.39, 0.29) is 24.2 Å². The molecule has 1 aliphatic heterocycles. The van der Waals surface area contributed by atoms with E-state index in [4.69, 9.17) is 9.47 Å². The van der Waals surface area contributed by atoms with Gasteiger partial charge in [0.25, 0.3) is 0 Å². The van der Waals surface area contributed by atoms with Crippen molar-refractivity contribution in [1.29, 1.82) is 0 Å². The third-order valence-corrected chi connectivity index (χ3v) is 3.39. The second kappa shape index (κ2) is 4.39. The Morgan fingerprint density at radius 1 is 0.947 bits per heavy atom. The normalized spacial score (nSPS) is 14.4. The van der Waals surface area contributed by atoms with E-state index in [9.17, 15) is 10.2 Å². The quantitative estimate of drug-likeness (QED) is 0.869. The lowest BCUT2D eigenvalue weighted by Crippen LogP contribution is -1.97. The molecule has 0 bridgehead atoms. The van der Waals surface area contributed by atoms with Crippen LogP contribution in [0.15, 0.2) is 36.4 Å². The molecule has 0 fully saturated rings. The molecule has 0 saturated carbocycles. The van der Waals surface area contributed by atoms with Gasteiger partial charge in [-0.2, -0.15) is 0 Å². The molecule has 0 aliphatic carbocycles. The van der Waals surface area contributed by atoms with E-state index >= 15 is 0 Å². The average Bonchev–Trinajstić information content (AvgIpc) is 2.84. The zero-order chi connectivity index (χ0) is 13.4. The number of para-hydroxylation sites is 1. The zero-order valence-electron chi connectivity index (χ0n) is 10.5. The highest BCUT2D eigenvalue weighted by atomic mass is 16.7. The summed E-state index contributed by atoms with van der Waals surface area (Å²) in [7, 11) is 0. The van der Waals surface area contributed by atoms with Crippen LogP contribution in [-0.4, -0.2) is 17.0 Å². The fraction of sp³-hybridized carbons (Fsp3) is 0.200. The Morgan fingerprint density at radius 3 is 2.37 bits per heavy atom. The van der Waals surface area contributed by atoms with Gasteiger partial charge in [-0.15, -0.1) is 0 Å². The molecule has 19 heavy (non-hydrogen) atoms. The van der Waals surface area contributed by atoms with Crippen molar-refractivity contribution in [2.75, 3.05) is 6.79 Å². The first-order valence-corrected chi connectivity index (χ1v) is 6.07.